The van der Waals surface area contributed by atoms with Crippen LogP contribution >= 0.6 is 23.2 Å². The zero-order valence-corrected chi connectivity index (χ0v) is 19.1. The number of nitrogens with zero attached hydrogens (tertiary/aromatic N) is 3. The summed E-state index contributed by atoms with van der Waals surface area (Å²) >= 11 is 12.6. The minimum Gasteiger partial charge on any atom is -0.428 e. The van der Waals surface area contributed by atoms with Gasteiger partial charge in [0.05, 0.1) is 6.04 Å². The lowest BCUT2D eigenvalue weighted by molar-refractivity contribution is -0.118. The van der Waals surface area contributed by atoms with E-state index in [-0.39, 0.29) is 23.9 Å². The third-order valence-corrected chi connectivity index (χ3v) is 7.28. The molecule has 1 aliphatic carbocycles. The number of carbonyl (C=O) groups is 1. The highest BCUT2D eigenvalue weighted by molar-refractivity contribution is 6.30. The fourth-order valence-electron chi connectivity index (χ4n) is 5.16. The van der Waals surface area contributed by atoms with Crippen molar-refractivity contribution in [2.45, 2.75) is 43.7 Å². The molecule has 4 atom stereocenters. The highest BCUT2D eigenvalue weighted by Crippen LogP contribution is 2.49. The van der Waals surface area contributed by atoms with E-state index in [4.69, 9.17) is 27.6 Å². The number of halogens is 2. The van der Waals surface area contributed by atoms with Crippen molar-refractivity contribution in [3.05, 3.63) is 82.0 Å². The van der Waals surface area contributed by atoms with Gasteiger partial charge in [-0.1, -0.05) is 47.5 Å². The summed E-state index contributed by atoms with van der Waals surface area (Å²) in [5.41, 5.74) is 2.35. The van der Waals surface area contributed by atoms with Crippen molar-refractivity contribution in [3.8, 4) is 0 Å². The normalized spacial score (nSPS) is 26.2. The van der Waals surface area contributed by atoms with E-state index in [9.17, 15) is 4.79 Å². The number of piperidine rings is 1. The second kappa shape index (κ2) is 9.34. The molecule has 1 aliphatic heterocycles. The third kappa shape index (κ3) is 4.61. The standard InChI is InChI=1S/C25H25Cl2N3O2/c26-20-8-6-17(7-9-20)25-22(18-2-1-3-21(27)10-18)11-19(12-24-29-28-15-32-24)23(14-31)30(25)13-16-4-5-16/h1-3,6-10,14-16,19,22-23,25H,4-5,11-13H2. The van der Waals surface area contributed by atoms with Crippen LogP contribution in [-0.2, 0) is 11.2 Å². The molecule has 2 heterocycles. The molecular formula is C25H25Cl2N3O2. The summed E-state index contributed by atoms with van der Waals surface area (Å²) in [6.45, 7) is 0.897. The molecule has 1 saturated carbocycles. The largest absolute Gasteiger partial charge is 0.428 e. The van der Waals surface area contributed by atoms with Crippen LogP contribution < -0.4 is 0 Å². The van der Waals surface area contributed by atoms with Gasteiger partial charge in [0, 0.05) is 35.0 Å². The molecule has 1 aromatic heterocycles. The van der Waals surface area contributed by atoms with E-state index < -0.39 is 0 Å². The number of hydrogen-bond donors (Lipinski definition) is 0. The molecule has 0 bridgehead atoms. The van der Waals surface area contributed by atoms with Crippen molar-refractivity contribution in [3.63, 3.8) is 0 Å². The van der Waals surface area contributed by atoms with Crippen LogP contribution in [0.3, 0.4) is 0 Å². The second-order valence-electron chi connectivity index (χ2n) is 8.96. The first-order chi connectivity index (χ1) is 15.6. The number of likely N-dealkylation sites (tertiary alicyclic amines) is 1. The van der Waals surface area contributed by atoms with Gasteiger partial charge in [0.15, 0.2) is 0 Å². The summed E-state index contributed by atoms with van der Waals surface area (Å²) in [5.74, 6) is 1.44. The maximum Gasteiger partial charge on any atom is 0.216 e. The van der Waals surface area contributed by atoms with Gasteiger partial charge in [-0.05, 0) is 66.5 Å². The summed E-state index contributed by atoms with van der Waals surface area (Å²) in [7, 11) is 0. The summed E-state index contributed by atoms with van der Waals surface area (Å²) in [6, 6.07) is 16.0. The highest BCUT2D eigenvalue weighted by atomic mass is 35.5. The maximum absolute atomic E-state index is 12.5. The molecule has 32 heavy (non-hydrogen) atoms. The molecule has 0 N–H and O–H groups in total. The van der Waals surface area contributed by atoms with Gasteiger partial charge in [-0.25, -0.2) is 0 Å². The molecule has 2 aliphatic rings. The fourth-order valence-corrected chi connectivity index (χ4v) is 5.48. The molecule has 0 spiro atoms. The van der Waals surface area contributed by atoms with Gasteiger partial charge in [0.2, 0.25) is 12.3 Å². The van der Waals surface area contributed by atoms with Crippen LogP contribution in [0.2, 0.25) is 10.0 Å². The molecule has 166 valence electrons. The topological polar surface area (TPSA) is 59.2 Å². The van der Waals surface area contributed by atoms with Gasteiger partial charge < -0.3 is 9.21 Å². The molecule has 5 nitrogen and oxygen atoms in total. The number of carbonyl (C=O) groups excluding carboxylic acids is 1. The van der Waals surface area contributed by atoms with E-state index in [1.165, 1.54) is 30.4 Å². The smallest absolute Gasteiger partial charge is 0.216 e. The minimum absolute atomic E-state index is 0.0560. The lowest BCUT2D eigenvalue weighted by Gasteiger charge is -2.49. The van der Waals surface area contributed by atoms with Gasteiger partial charge >= 0.3 is 0 Å². The van der Waals surface area contributed by atoms with Gasteiger partial charge in [-0.3, -0.25) is 4.90 Å². The Hall–Kier alpha value is -2.21. The van der Waals surface area contributed by atoms with Gasteiger partial charge in [-0.15, -0.1) is 10.2 Å². The van der Waals surface area contributed by atoms with Crippen LogP contribution in [0, 0.1) is 11.8 Å². The van der Waals surface area contributed by atoms with E-state index in [2.05, 4.69) is 39.4 Å². The average molecular weight is 470 g/mol. The predicted octanol–water partition coefficient (Wildman–Crippen LogP) is 5.74. The van der Waals surface area contributed by atoms with E-state index in [1.807, 2.05) is 24.3 Å². The monoisotopic (exact) mass is 469 g/mol. The zero-order chi connectivity index (χ0) is 22.1. The summed E-state index contributed by atoms with van der Waals surface area (Å²) in [4.78, 5) is 14.9. The van der Waals surface area contributed by atoms with Crippen molar-refractivity contribution >= 4 is 29.5 Å². The Morgan fingerprint density at radius 2 is 1.88 bits per heavy atom. The number of aromatic nitrogens is 2. The highest BCUT2D eigenvalue weighted by Gasteiger charge is 2.46. The SMILES string of the molecule is O=CC1C(Cc2nnco2)CC(c2cccc(Cl)c2)C(c2ccc(Cl)cc2)N1CC1CC1. The van der Waals surface area contributed by atoms with Crippen molar-refractivity contribution in [2.24, 2.45) is 11.8 Å². The van der Waals surface area contributed by atoms with Crippen molar-refractivity contribution < 1.29 is 9.21 Å². The van der Waals surface area contributed by atoms with Crippen molar-refractivity contribution in [2.75, 3.05) is 6.54 Å². The third-order valence-electron chi connectivity index (χ3n) is 6.80. The second-order valence-corrected chi connectivity index (χ2v) is 9.83. The maximum atomic E-state index is 12.5. The molecule has 4 unspecified atom stereocenters. The molecule has 0 amide bonds. The van der Waals surface area contributed by atoms with Crippen LogP contribution in [-0.4, -0.2) is 34.0 Å². The lowest BCUT2D eigenvalue weighted by Crippen LogP contribution is -2.52. The minimum atomic E-state index is -0.224. The van der Waals surface area contributed by atoms with E-state index in [0.717, 1.165) is 24.3 Å². The first kappa shape index (κ1) is 21.6. The van der Waals surface area contributed by atoms with Crippen molar-refractivity contribution in [1.29, 1.82) is 0 Å². The molecule has 1 saturated heterocycles. The Kier molecular flexibility index (Phi) is 6.31. The molecule has 3 aromatic rings. The number of aldehydes is 1. The molecule has 2 fully saturated rings. The van der Waals surface area contributed by atoms with Crippen LogP contribution in [0.1, 0.15) is 48.2 Å². The Labute approximate surface area is 197 Å². The van der Waals surface area contributed by atoms with Crippen molar-refractivity contribution in [1.82, 2.24) is 15.1 Å². The average Bonchev–Trinajstić information content (AvgIpc) is 3.46. The first-order valence-electron chi connectivity index (χ1n) is 11.1. The Balaban J connectivity index is 1.59. The quantitative estimate of drug-likeness (QED) is 0.412. The molecular weight excluding hydrogens is 445 g/mol. The van der Waals surface area contributed by atoms with Crippen LogP contribution in [0.15, 0.2) is 59.3 Å². The molecule has 2 aromatic carbocycles. The number of rotatable bonds is 7. The van der Waals surface area contributed by atoms with E-state index in [0.29, 0.717) is 23.3 Å². The van der Waals surface area contributed by atoms with Gasteiger partial charge in [0.1, 0.15) is 6.29 Å². The van der Waals surface area contributed by atoms with Crippen LogP contribution in [0.4, 0.5) is 0 Å². The fraction of sp³-hybridized carbons (Fsp3) is 0.400. The summed E-state index contributed by atoms with van der Waals surface area (Å²) < 4.78 is 5.45. The number of hydrogen-bond acceptors (Lipinski definition) is 5. The summed E-state index contributed by atoms with van der Waals surface area (Å²) in [5, 5.41) is 9.34. The predicted molar refractivity (Wildman–Crippen MR) is 124 cm³/mol. The Bertz CT molecular complexity index is 1050. The molecule has 7 heteroatoms. The Morgan fingerprint density at radius 3 is 2.53 bits per heavy atom. The van der Waals surface area contributed by atoms with Gasteiger partial charge in [0.25, 0.3) is 0 Å². The Morgan fingerprint density at radius 1 is 1.06 bits per heavy atom. The van der Waals surface area contributed by atoms with Gasteiger partial charge in [-0.2, -0.15) is 0 Å². The zero-order valence-electron chi connectivity index (χ0n) is 17.6. The molecule has 0 radical (unpaired) electrons. The molecule has 5 rings (SSSR count). The van der Waals surface area contributed by atoms with E-state index in [1.54, 1.807) is 0 Å². The number of benzene rings is 2. The lowest BCUT2D eigenvalue weighted by atomic mass is 9.72. The first-order valence-corrected chi connectivity index (χ1v) is 11.8. The van der Waals surface area contributed by atoms with E-state index >= 15 is 0 Å². The van der Waals surface area contributed by atoms with Crippen LogP contribution in [0.25, 0.3) is 0 Å². The van der Waals surface area contributed by atoms with Crippen LogP contribution in [0.5, 0.6) is 0 Å². The summed E-state index contributed by atoms with van der Waals surface area (Å²) in [6.07, 6.45) is 6.29.